The van der Waals surface area contributed by atoms with Crippen LogP contribution in [-0.4, -0.2) is 48.1 Å². The van der Waals surface area contributed by atoms with Crippen LogP contribution in [0.25, 0.3) is 10.9 Å². The van der Waals surface area contributed by atoms with E-state index in [0.29, 0.717) is 23.7 Å². The fourth-order valence-corrected chi connectivity index (χ4v) is 5.55. The van der Waals surface area contributed by atoms with Crippen LogP contribution in [-0.2, 0) is 6.54 Å². The second kappa shape index (κ2) is 6.94. The van der Waals surface area contributed by atoms with Crippen molar-refractivity contribution in [3.05, 3.63) is 65.4 Å². The van der Waals surface area contributed by atoms with Gasteiger partial charge in [0, 0.05) is 67.8 Å². The number of nitriles is 1. The quantitative estimate of drug-likeness (QED) is 0.700. The van der Waals surface area contributed by atoms with Gasteiger partial charge in [0.05, 0.1) is 17.1 Å². The number of rotatable bonds is 2. The van der Waals surface area contributed by atoms with Crippen molar-refractivity contribution in [1.82, 2.24) is 9.88 Å². The molecule has 0 bridgehead atoms. The first-order valence-electron chi connectivity index (χ1n) is 11.0. The molecular weight excluding hydrogens is 384 g/mol. The lowest BCUT2D eigenvalue weighted by Gasteiger charge is -2.44. The Morgan fingerprint density at radius 3 is 2.74 bits per heavy atom. The van der Waals surface area contributed by atoms with Gasteiger partial charge in [-0.05, 0) is 54.4 Å². The van der Waals surface area contributed by atoms with Crippen molar-refractivity contribution in [2.45, 2.75) is 31.6 Å². The molecule has 2 saturated heterocycles. The molecule has 2 unspecified atom stereocenters. The minimum absolute atomic E-state index is 0.310. The van der Waals surface area contributed by atoms with Crippen LogP contribution < -0.4 is 15.5 Å². The lowest BCUT2D eigenvalue weighted by Crippen LogP contribution is -2.55. The number of anilines is 2. The van der Waals surface area contributed by atoms with Crippen LogP contribution in [0.15, 0.2) is 48.7 Å². The summed E-state index contributed by atoms with van der Waals surface area (Å²) in [5, 5.41) is 10.5. The predicted molar refractivity (Wildman–Crippen MR) is 123 cm³/mol. The second-order valence-corrected chi connectivity index (χ2v) is 9.13. The van der Waals surface area contributed by atoms with Gasteiger partial charge < -0.3 is 15.5 Å². The first-order chi connectivity index (χ1) is 15.1. The largest absolute Gasteiger partial charge is 0.368 e. The van der Waals surface area contributed by atoms with Crippen LogP contribution in [0, 0.1) is 11.3 Å². The Morgan fingerprint density at radius 2 is 1.94 bits per heavy atom. The van der Waals surface area contributed by atoms with Gasteiger partial charge in [-0.25, -0.2) is 0 Å². The van der Waals surface area contributed by atoms with Gasteiger partial charge in [-0.1, -0.05) is 6.07 Å². The normalized spacial score (nSPS) is 23.4. The van der Waals surface area contributed by atoms with Crippen LogP contribution in [0.2, 0.25) is 0 Å². The van der Waals surface area contributed by atoms with Gasteiger partial charge in [0.15, 0.2) is 0 Å². The molecule has 6 heteroatoms. The van der Waals surface area contributed by atoms with Gasteiger partial charge in [-0.3, -0.25) is 9.88 Å². The number of hydrogen-bond donors (Lipinski definition) is 1. The van der Waals surface area contributed by atoms with E-state index < -0.39 is 0 Å². The molecule has 31 heavy (non-hydrogen) atoms. The summed E-state index contributed by atoms with van der Waals surface area (Å²) in [5.74, 6) is 0. The molecular formula is C25H26N6. The first kappa shape index (κ1) is 18.6. The summed E-state index contributed by atoms with van der Waals surface area (Å²) in [6.07, 6.45) is 1.77. The number of nitrogens with zero attached hydrogens (tertiary/aromatic N) is 5. The molecule has 0 saturated carbocycles. The number of pyridine rings is 1. The van der Waals surface area contributed by atoms with E-state index in [1.165, 1.54) is 22.5 Å². The Balaban J connectivity index is 1.34. The number of benzene rings is 2. The molecule has 2 fully saturated rings. The summed E-state index contributed by atoms with van der Waals surface area (Å²) in [5.41, 5.74) is 12.8. The fraction of sp³-hybridized carbons (Fsp3) is 0.360. The van der Waals surface area contributed by atoms with Crippen molar-refractivity contribution in [2.75, 3.05) is 36.0 Å². The average molecular weight is 411 g/mol. The maximum Gasteiger partial charge on any atom is 0.101 e. The minimum atomic E-state index is 0.310. The average Bonchev–Trinajstić information content (AvgIpc) is 3.14. The molecule has 3 aliphatic rings. The topological polar surface area (TPSA) is 72.4 Å². The van der Waals surface area contributed by atoms with Gasteiger partial charge in [0.2, 0.25) is 0 Å². The van der Waals surface area contributed by atoms with Crippen molar-refractivity contribution in [2.24, 2.45) is 5.73 Å². The van der Waals surface area contributed by atoms with E-state index in [2.05, 4.69) is 63.0 Å². The van der Waals surface area contributed by atoms with E-state index >= 15 is 0 Å². The molecule has 2 N–H and O–H groups in total. The number of aromatic nitrogens is 1. The Bertz CT molecular complexity index is 1210. The van der Waals surface area contributed by atoms with E-state index in [1.807, 2.05) is 12.1 Å². The third-order valence-electron chi connectivity index (χ3n) is 7.17. The fourth-order valence-electron chi connectivity index (χ4n) is 5.55. The van der Waals surface area contributed by atoms with Crippen LogP contribution >= 0.6 is 0 Å². The van der Waals surface area contributed by atoms with Gasteiger partial charge in [-0.2, -0.15) is 5.26 Å². The van der Waals surface area contributed by atoms with Crippen LogP contribution in [0.1, 0.15) is 29.7 Å². The van der Waals surface area contributed by atoms with Gasteiger partial charge in [-0.15, -0.1) is 0 Å². The van der Waals surface area contributed by atoms with Crippen molar-refractivity contribution in [1.29, 1.82) is 5.26 Å². The summed E-state index contributed by atoms with van der Waals surface area (Å²) < 4.78 is 0. The van der Waals surface area contributed by atoms with Crippen molar-refractivity contribution < 1.29 is 0 Å². The third-order valence-corrected chi connectivity index (χ3v) is 7.17. The third kappa shape index (κ3) is 2.88. The van der Waals surface area contributed by atoms with Crippen LogP contribution in [0.5, 0.6) is 0 Å². The lowest BCUT2D eigenvalue weighted by molar-refractivity contribution is 0.134. The van der Waals surface area contributed by atoms with Gasteiger partial charge in [0.1, 0.15) is 6.07 Å². The predicted octanol–water partition coefficient (Wildman–Crippen LogP) is 3.02. The van der Waals surface area contributed by atoms with Gasteiger partial charge in [0.25, 0.3) is 0 Å². The maximum atomic E-state index is 9.49. The molecule has 2 aromatic carbocycles. The molecule has 0 radical (unpaired) electrons. The molecule has 0 spiro atoms. The Morgan fingerprint density at radius 1 is 1.06 bits per heavy atom. The smallest absolute Gasteiger partial charge is 0.101 e. The van der Waals surface area contributed by atoms with E-state index in [0.717, 1.165) is 43.6 Å². The van der Waals surface area contributed by atoms with Gasteiger partial charge >= 0.3 is 0 Å². The molecule has 6 nitrogen and oxygen atoms in total. The van der Waals surface area contributed by atoms with E-state index in [1.54, 1.807) is 6.20 Å². The zero-order chi connectivity index (χ0) is 21.1. The molecule has 3 aliphatic heterocycles. The number of fused-ring (bicyclic) bond motifs is 4. The maximum absolute atomic E-state index is 9.49. The molecule has 4 heterocycles. The zero-order valence-electron chi connectivity index (χ0n) is 17.7. The van der Waals surface area contributed by atoms with Crippen LogP contribution in [0.4, 0.5) is 11.4 Å². The monoisotopic (exact) mass is 410 g/mol. The zero-order valence-corrected chi connectivity index (χ0v) is 17.7. The van der Waals surface area contributed by atoms with E-state index in [-0.39, 0.29) is 0 Å². The number of hydrogen-bond acceptors (Lipinski definition) is 6. The molecule has 0 aliphatic carbocycles. The lowest BCUT2D eigenvalue weighted by atomic mass is 9.99. The highest BCUT2D eigenvalue weighted by Crippen LogP contribution is 2.42. The minimum Gasteiger partial charge on any atom is -0.368 e. The standard InChI is InChI=1S/C25H26N6/c1-16-11-30(23-7-4-17(10-26)25-22(23)3-2-8-28-25)15-24-21-6-5-20(29-13-19(27)14-29)9-18(21)12-31(16)24/h2-9,16,19,24H,11-15,27H2,1H3. The molecule has 0 amide bonds. The molecule has 2 atom stereocenters. The highest BCUT2D eigenvalue weighted by molar-refractivity contribution is 5.95. The SMILES string of the molecule is CC1CN(c2ccc(C#N)c3ncccc23)CC2c3ccc(N4CC(N)C4)cc3CN12. The molecule has 3 aromatic rings. The van der Waals surface area contributed by atoms with Crippen LogP contribution in [0.3, 0.4) is 0 Å². The van der Waals surface area contributed by atoms with Crippen molar-refractivity contribution in [3.8, 4) is 6.07 Å². The number of nitrogens with two attached hydrogens (primary N) is 1. The highest BCUT2D eigenvalue weighted by atomic mass is 15.3. The second-order valence-electron chi connectivity index (χ2n) is 9.13. The molecule has 1 aromatic heterocycles. The van der Waals surface area contributed by atoms with E-state index in [9.17, 15) is 5.26 Å². The van der Waals surface area contributed by atoms with E-state index in [4.69, 9.17) is 5.73 Å². The Hall–Kier alpha value is -3.14. The summed E-state index contributed by atoms with van der Waals surface area (Å²) in [7, 11) is 0. The summed E-state index contributed by atoms with van der Waals surface area (Å²) in [6.45, 7) is 7.16. The molecule has 6 rings (SSSR count). The summed E-state index contributed by atoms with van der Waals surface area (Å²) in [4.78, 5) is 12.0. The number of piperazine rings is 1. The first-order valence-corrected chi connectivity index (χ1v) is 11.0. The van der Waals surface area contributed by atoms with Crippen molar-refractivity contribution >= 4 is 22.3 Å². The summed E-state index contributed by atoms with van der Waals surface area (Å²) in [6, 6.07) is 18.4. The highest BCUT2D eigenvalue weighted by Gasteiger charge is 2.39. The summed E-state index contributed by atoms with van der Waals surface area (Å²) >= 11 is 0. The molecule has 156 valence electrons. The Labute approximate surface area is 182 Å². The Kier molecular flexibility index (Phi) is 4.17. The van der Waals surface area contributed by atoms with Crippen molar-refractivity contribution in [3.63, 3.8) is 0 Å².